The zero-order valence-electron chi connectivity index (χ0n) is 8.10. The van der Waals surface area contributed by atoms with Gasteiger partial charge < -0.3 is 14.9 Å². The molecular weight excluding hydrogens is 204 g/mol. The molecule has 0 saturated heterocycles. The van der Waals surface area contributed by atoms with Crippen LogP contribution in [0.4, 0.5) is 5.82 Å². The second-order valence-corrected chi connectivity index (χ2v) is 3.41. The first-order valence-electron chi connectivity index (χ1n) is 3.84. The summed E-state index contributed by atoms with van der Waals surface area (Å²) in [5, 5.41) is 10.6. The molecule has 14 heavy (non-hydrogen) atoms. The fourth-order valence-corrected chi connectivity index (χ4v) is 1.57. The van der Waals surface area contributed by atoms with Gasteiger partial charge in [0.15, 0.2) is 11.4 Å². The summed E-state index contributed by atoms with van der Waals surface area (Å²) < 4.78 is 5.02. The normalized spacial score (nSPS) is 9.93. The van der Waals surface area contributed by atoms with Crippen molar-refractivity contribution in [3.63, 3.8) is 0 Å². The molecule has 1 aromatic heterocycles. The van der Waals surface area contributed by atoms with Crippen LogP contribution in [0.1, 0.15) is 5.69 Å². The third kappa shape index (κ3) is 1.95. The lowest BCUT2D eigenvalue weighted by atomic mass is 10.3. The molecule has 76 valence electrons. The van der Waals surface area contributed by atoms with E-state index in [0.29, 0.717) is 16.3 Å². The Labute approximate surface area is 85.6 Å². The van der Waals surface area contributed by atoms with Crippen LogP contribution in [0, 0.1) is 17.0 Å². The number of ether oxygens (including phenoxy) is 1. The highest BCUT2D eigenvalue weighted by Gasteiger charge is 2.19. The number of nitrogens with zero attached hydrogens (tertiary/aromatic N) is 2. The second-order valence-electron chi connectivity index (χ2n) is 2.56. The van der Waals surface area contributed by atoms with Gasteiger partial charge in [0.05, 0.1) is 7.11 Å². The van der Waals surface area contributed by atoms with Crippen LogP contribution in [0.25, 0.3) is 0 Å². The molecule has 0 bridgehead atoms. The van der Waals surface area contributed by atoms with Crippen molar-refractivity contribution in [3.05, 3.63) is 21.9 Å². The third-order valence-corrected chi connectivity index (χ3v) is 2.47. The van der Waals surface area contributed by atoms with Crippen LogP contribution < -0.4 is 4.74 Å². The molecule has 6 heteroatoms. The summed E-state index contributed by atoms with van der Waals surface area (Å²) in [6, 6.07) is 1.63. The highest BCUT2D eigenvalue weighted by Crippen LogP contribution is 2.30. The number of thioether (sulfide) groups is 1. The number of methoxy groups -OCH3 is 1. The lowest BCUT2D eigenvalue weighted by molar-refractivity contribution is -0.392. The van der Waals surface area contributed by atoms with Crippen molar-refractivity contribution in [2.24, 2.45) is 0 Å². The molecule has 0 atom stereocenters. The Kier molecular flexibility index (Phi) is 3.29. The molecule has 0 saturated carbocycles. The minimum atomic E-state index is -0.488. The van der Waals surface area contributed by atoms with E-state index in [4.69, 9.17) is 4.74 Å². The van der Waals surface area contributed by atoms with Gasteiger partial charge in [0.1, 0.15) is 4.90 Å². The SMILES string of the molecule is COc1cc(SC)c([N+](=O)[O-])nc1C. The van der Waals surface area contributed by atoms with Gasteiger partial charge in [-0.15, -0.1) is 11.8 Å². The van der Waals surface area contributed by atoms with E-state index in [9.17, 15) is 10.1 Å². The van der Waals surface area contributed by atoms with Crippen LogP contribution in [0.2, 0.25) is 0 Å². The summed E-state index contributed by atoms with van der Waals surface area (Å²) in [6.07, 6.45) is 1.76. The molecule has 0 unspecified atom stereocenters. The minimum Gasteiger partial charge on any atom is -0.492 e. The molecule has 0 aliphatic heterocycles. The summed E-state index contributed by atoms with van der Waals surface area (Å²) in [5.74, 6) is 0.454. The van der Waals surface area contributed by atoms with E-state index in [1.807, 2.05) is 0 Å². The van der Waals surface area contributed by atoms with Crippen LogP contribution in [0.5, 0.6) is 5.75 Å². The number of rotatable bonds is 3. The largest absolute Gasteiger partial charge is 0.492 e. The minimum absolute atomic E-state index is 0.115. The Morgan fingerprint density at radius 3 is 2.71 bits per heavy atom. The van der Waals surface area contributed by atoms with Crippen molar-refractivity contribution >= 4 is 17.6 Å². The molecular formula is C8H10N2O3S. The monoisotopic (exact) mass is 214 g/mol. The maximum Gasteiger partial charge on any atom is 0.377 e. The first-order valence-corrected chi connectivity index (χ1v) is 5.06. The van der Waals surface area contributed by atoms with Crippen LogP contribution in [0.15, 0.2) is 11.0 Å². The zero-order valence-corrected chi connectivity index (χ0v) is 8.92. The highest BCUT2D eigenvalue weighted by molar-refractivity contribution is 7.98. The van der Waals surface area contributed by atoms with Gasteiger partial charge in [-0.1, -0.05) is 0 Å². The molecule has 0 radical (unpaired) electrons. The second kappa shape index (κ2) is 4.28. The lowest BCUT2D eigenvalue weighted by Crippen LogP contribution is -1.98. The van der Waals surface area contributed by atoms with E-state index < -0.39 is 4.92 Å². The smallest absolute Gasteiger partial charge is 0.377 e. The van der Waals surface area contributed by atoms with Crippen molar-refractivity contribution in [2.45, 2.75) is 11.8 Å². The average molecular weight is 214 g/mol. The summed E-state index contributed by atoms with van der Waals surface area (Å²) in [4.78, 5) is 14.5. The van der Waals surface area contributed by atoms with E-state index in [1.54, 1.807) is 19.2 Å². The number of nitro groups is 1. The van der Waals surface area contributed by atoms with Gasteiger partial charge in [0, 0.05) is 13.0 Å². The predicted octanol–water partition coefficient (Wildman–Crippen LogP) is 2.03. The molecule has 1 rings (SSSR count). The van der Waals surface area contributed by atoms with Crippen LogP contribution >= 0.6 is 11.8 Å². The summed E-state index contributed by atoms with van der Waals surface area (Å²) in [6.45, 7) is 1.68. The number of pyridine rings is 1. The first-order chi connectivity index (χ1) is 6.60. The van der Waals surface area contributed by atoms with Gasteiger partial charge in [-0.05, 0) is 16.2 Å². The van der Waals surface area contributed by atoms with Crippen LogP contribution in [-0.4, -0.2) is 23.3 Å². The quantitative estimate of drug-likeness (QED) is 0.437. The Morgan fingerprint density at radius 1 is 1.64 bits per heavy atom. The molecule has 0 amide bonds. The van der Waals surface area contributed by atoms with E-state index in [-0.39, 0.29) is 5.82 Å². The number of hydrogen-bond donors (Lipinski definition) is 0. The predicted molar refractivity (Wildman–Crippen MR) is 54.0 cm³/mol. The van der Waals surface area contributed by atoms with E-state index >= 15 is 0 Å². The summed E-state index contributed by atoms with van der Waals surface area (Å²) in [5.41, 5.74) is 0.525. The molecule has 0 aromatic carbocycles. The lowest BCUT2D eigenvalue weighted by Gasteiger charge is -2.03. The average Bonchev–Trinajstić information content (AvgIpc) is 2.17. The van der Waals surface area contributed by atoms with E-state index in [2.05, 4.69) is 4.98 Å². The Morgan fingerprint density at radius 2 is 2.29 bits per heavy atom. The van der Waals surface area contributed by atoms with Crippen molar-refractivity contribution in [3.8, 4) is 5.75 Å². The fraction of sp³-hybridized carbons (Fsp3) is 0.375. The molecule has 0 fully saturated rings. The Hall–Kier alpha value is -1.30. The van der Waals surface area contributed by atoms with Crippen molar-refractivity contribution in [1.29, 1.82) is 0 Å². The van der Waals surface area contributed by atoms with Gasteiger partial charge in [0.25, 0.3) is 0 Å². The Balaban J connectivity index is 3.31. The molecule has 0 aliphatic carbocycles. The molecule has 0 N–H and O–H groups in total. The van der Waals surface area contributed by atoms with Crippen molar-refractivity contribution < 1.29 is 9.66 Å². The Bertz CT molecular complexity index is 368. The molecule has 0 spiro atoms. The van der Waals surface area contributed by atoms with Crippen molar-refractivity contribution in [1.82, 2.24) is 4.98 Å². The van der Waals surface area contributed by atoms with Crippen molar-refractivity contribution in [2.75, 3.05) is 13.4 Å². The first kappa shape index (κ1) is 10.8. The third-order valence-electron chi connectivity index (χ3n) is 1.73. The van der Waals surface area contributed by atoms with Gasteiger partial charge >= 0.3 is 5.82 Å². The molecule has 1 heterocycles. The highest BCUT2D eigenvalue weighted by atomic mass is 32.2. The standard InChI is InChI=1S/C8H10N2O3S/c1-5-6(13-2)4-7(14-3)8(9-5)10(11)12/h4H,1-3H3. The maximum absolute atomic E-state index is 10.6. The summed E-state index contributed by atoms with van der Waals surface area (Å²) in [7, 11) is 1.51. The molecule has 5 nitrogen and oxygen atoms in total. The molecule has 0 aliphatic rings. The number of hydrogen-bond acceptors (Lipinski definition) is 5. The van der Waals surface area contributed by atoms with E-state index in [0.717, 1.165) is 0 Å². The fourth-order valence-electron chi connectivity index (χ4n) is 1.04. The van der Waals surface area contributed by atoms with Gasteiger partial charge in [0.2, 0.25) is 0 Å². The number of aromatic nitrogens is 1. The van der Waals surface area contributed by atoms with Crippen LogP contribution in [0.3, 0.4) is 0 Å². The van der Waals surface area contributed by atoms with Gasteiger partial charge in [-0.2, -0.15) is 0 Å². The zero-order chi connectivity index (χ0) is 10.7. The van der Waals surface area contributed by atoms with Crippen LogP contribution in [-0.2, 0) is 0 Å². The van der Waals surface area contributed by atoms with E-state index in [1.165, 1.54) is 18.9 Å². The maximum atomic E-state index is 10.6. The number of aryl methyl sites for hydroxylation is 1. The summed E-state index contributed by atoms with van der Waals surface area (Å²) >= 11 is 1.28. The van der Waals surface area contributed by atoms with Gasteiger partial charge in [-0.3, -0.25) is 0 Å². The molecule has 1 aromatic rings. The topological polar surface area (TPSA) is 65.3 Å². The van der Waals surface area contributed by atoms with Gasteiger partial charge in [-0.25, -0.2) is 0 Å².